The second-order valence-electron chi connectivity index (χ2n) is 4.45. The van der Waals surface area contributed by atoms with Gasteiger partial charge in [0.2, 0.25) is 0 Å². The van der Waals surface area contributed by atoms with Crippen LogP contribution in [-0.2, 0) is 11.8 Å². The summed E-state index contributed by atoms with van der Waals surface area (Å²) >= 11 is 0. The van der Waals surface area contributed by atoms with Gasteiger partial charge in [0.05, 0.1) is 17.8 Å². The van der Waals surface area contributed by atoms with Gasteiger partial charge in [0.25, 0.3) is 0 Å². The van der Waals surface area contributed by atoms with Gasteiger partial charge in [-0.1, -0.05) is 13.8 Å². The highest BCUT2D eigenvalue weighted by atomic mass is 16.5. The Kier molecular flexibility index (Phi) is 2.74. The largest absolute Gasteiger partial charge is 0.486 e. The van der Waals surface area contributed by atoms with Crippen LogP contribution in [0.3, 0.4) is 0 Å². The molecule has 4 nitrogen and oxygen atoms in total. The fourth-order valence-electron chi connectivity index (χ4n) is 2.49. The zero-order chi connectivity index (χ0) is 11.8. The standard InChI is InChI=1S/C12H18N2O2/c1-4-12(5-2)10(15)6-11(12)16-9-7-13-14(3)8-9/h7-8,11H,4-6H2,1-3H3. The molecule has 1 fully saturated rings. The van der Waals surface area contributed by atoms with Crippen molar-refractivity contribution in [2.75, 3.05) is 0 Å². The number of carbonyl (C=O) groups is 1. The number of aromatic nitrogens is 2. The molecule has 1 unspecified atom stereocenters. The van der Waals surface area contributed by atoms with Gasteiger partial charge in [0.1, 0.15) is 11.9 Å². The van der Waals surface area contributed by atoms with Crippen molar-refractivity contribution in [3.8, 4) is 5.75 Å². The summed E-state index contributed by atoms with van der Waals surface area (Å²) in [5.41, 5.74) is -0.254. The molecule has 0 saturated heterocycles. The minimum absolute atomic E-state index is 0.0270. The van der Waals surface area contributed by atoms with Gasteiger partial charge in [-0.25, -0.2) is 0 Å². The average Bonchev–Trinajstić information content (AvgIpc) is 2.65. The molecule has 88 valence electrons. The highest BCUT2D eigenvalue weighted by molar-refractivity contribution is 5.92. The van der Waals surface area contributed by atoms with Crippen LogP contribution >= 0.6 is 0 Å². The Hall–Kier alpha value is -1.32. The Morgan fingerprint density at radius 1 is 1.56 bits per heavy atom. The lowest BCUT2D eigenvalue weighted by molar-refractivity contribution is -0.153. The van der Waals surface area contributed by atoms with E-state index in [2.05, 4.69) is 18.9 Å². The summed E-state index contributed by atoms with van der Waals surface area (Å²) in [6.07, 6.45) is 5.80. The predicted molar refractivity (Wildman–Crippen MR) is 60.3 cm³/mol. The van der Waals surface area contributed by atoms with Crippen molar-refractivity contribution < 1.29 is 9.53 Å². The molecule has 0 amide bonds. The maximum absolute atomic E-state index is 11.7. The van der Waals surface area contributed by atoms with Crippen LogP contribution in [0.4, 0.5) is 0 Å². The van der Waals surface area contributed by atoms with Crippen molar-refractivity contribution in [3.63, 3.8) is 0 Å². The number of hydrogen-bond acceptors (Lipinski definition) is 3. The molecule has 0 spiro atoms. The van der Waals surface area contributed by atoms with E-state index in [1.165, 1.54) is 0 Å². The van der Waals surface area contributed by atoms with E-state index < -0.39 is 0 Å². The van der Waals surface area contributed by atoms with Crippen LogP contribution in [0.2, 0.25) is 0 Å². The molecular weight excluding hydrogens is 204 g/mol. The molecule has 2 rings (SSSR count). The minimum Gasteiger partial charge on any atom is -0.486 e. The second kappa shape index (κ2) is 3.92. The van der Waals surface area contributed by atoms with Crippen molar-refractivity contribution in [1.29, 1.82) is 0 Å². The molecule has 4 heteroatoms. The first kappa shape index (κ1) is 11.2. The first-order chi connectivity index (χ1) is 7.62. The van der Waals surface area contributed by atoms with Gasteiger partial charge in [-0.3, -0.25) is 9.48 Å². The summed E-state index contributed by atoms with van der Waals surface area (Å²) in [6, 6.07) is 0. The number of aryl methyl sites for hydroxylation is 1. The quantitative estimate of drug-likeness (QED) is 0.782. The van der Waals surface area contributed by atoms with Crippen LogP contribution in [0.1, 0.15) is 33.1 Å². The Morgan fingerprint density at radius 3 is 2.69 bits per heavy atom. The lowest BCUT2D eigenvalue weighted by atomic mass is 9.61. The zero-order valence-electron chi connectivity index (χ0n) is 10.1. The van der Waals surface area contributed by atoms with Gasteiger partial charge in [0, 0.05) is 13.5 Å². The van der Waals surface area contributed by atoms with Crippen LogP contribution in [0, 0.1) is 5.41 Å². The van der Waals surface area contributed by atoms with Crippen LogP contribution in [0.15, 0.2) is 12.4 Å². The first-order valence-electron chi connectivity index (χ1n) is 5.81. The van der Waals surface area contributed by atoms with Crippen LogP contribution < -0.4 is 4.74 Å². The van der Waals surface area contributed by atoms with Gasteiger partial charge < -0.3 is 4.74 Å². The van der Waals surface area contributed by atoms with Crippen LogP contribution in [0.25, 0.3) is 0 Å². The molecule has 1 heterocycles. The Morgan fingerprint density at radius 2 is 2.25 bits per heavy atom. The van der Waals surface area contributed by atoms with E-state index >= 15 is 0 Å². The third-order valence-corrected chi connectivity index (χ3v) is 3.76. The Balaban J connectivity index is 2.09. The fraction of sp³-hybridized carbons (Fsp3) is 0.667. The summed E-state index contributed by atoms with van der Waals surface area (Å²) in [5.74, 6) is 1.10. The molecule has 16 heavy (non-hydrogen) atoms. The number of Topliss-reactive ketones (excluding diaryl/α,β-unsaturated/α-hetero) is 1. The number of carbonyl (C=O) groups excluding carboxylic acids is 1. The van der Waals surface area contributed by atoms with E-state index in [-0.39, 0.29) is 11.5 Å². The van der Waals surface area contributed by atoms with E-state index in [1.807, 2.05) is 13.2 Å². The smallest absolute Gasteiger partial charge is 0.157 e. The van der Waals surface area contributed by atoms with Gasteiger partial charge in [0.15, 0.2) is 5.75 Å². The number of hydrogen-bond donors (Lipinski definition) is 0. The molecule has 1 aliphatic rings. The fourth-order valence-corrected chi connectivity index (χ4v) is 2.49. The third kappa shape index (κ3) is 1.52. The lowest BCUT2D eigenvalue weighted by Gasteiger charge is -2.46. The molecule has 0 aromatic carbocycles. The van der Waals surface area contributed by atoms with E-state index in [0.29, 0.717) is 12.2 Å². The Labute approximate surface area is 95.6 Å². The number of rotatable bonds is 4. The molecule has 0 aliphatic heterocycles. The summed E-state index contributed by atoms with van der Waals surface area (Å²) in [6.45, 7) is 4.11. The number of ketones is 1. The van der Waals surface area contributed by atoms with Crippen LogP contribution in [-0.4, -0.2) is 21.7 Å². The SMILES string of the molecule is CCC1(CC)C(=O)CC1Oc1cnn(C)c1. The molecule has 1 aromatic rings. The monoisotopic (exact) mass is 222 g/mol. The van der Waals surface area contributed by atoms with Crippen LogP contribution in [0.5, 0.6) is 5.75 Å². The molecule has 1 saturated carbocycles. The van der Waals surface area contributed by atoms with Crippen molar-refractivity contribution in [2.45, 2.75) is 39.2 Å². The summed E-state index contributed by atoms with van der Waals surface area (Å²) in [7, 11) is 1.85. The van der Waals surface area contributed by atoms with Crippen molar-refractivity contribution in [1.82, 2.24) is 9.78 Å². The molecular formula is C12H18N2O2. The van der Waals surface area contributed by atoms with E-state index in [1.54, 1.807) is 10.9 Å². The molecule has 1 aromatic heterocycles. The van der Waals surface area contributed by atoms with E-state index in [9.17, 15) is 4.79 Å². The average molecular weight is 222 g/mol. The summed E-state index contributed by atoms with van der Waals surface area (Å²) in [5, 5.41) is 4.05. The maximum atomic E-state index is 11.7. The van der Waals surface area contributed by atoms with Crippen molar-refractivity contribution >= 4 is 5.78 Å². The topological polar surface area (TPSA) is 44.1 Å². The van der Waals surface area contributed by atoms with Crippen molar-refractivity contribution in [2.24, 2.45) is 12.5 Å². The normalized spacial score (nSPS) is 22.9. The highest BCUT2D eigenvalue weighted by Crippen LogP contribution is 2.45. The second-order valence-corrected chi connectivity index (χ2v) is 4.45. The van der Waals surface area contributed by atoms with Gasteiger partial charge >= 0.3 is 0 Å². The predicted octanol–water partition coefficient (Wildman–Crippen LogP) is 1.95. The lowest BCUT2D eigenvalue weighted by Crippen LogP contribution is -2.56. The molecule has 0 radical (unpaired) electrons. The van der Waals surface area contributed by atoms with Gasteiger partial charge in [-0.05, 0) is 12.8 Å². The summed E-state index contributed by atoms with van der Waals surface area (Å²) in [4.78, 5) is 11.7. The van der Waals surface area contributed by atoms with Gasteiger partial charge in [-0.2, -0.15) is 5.10 Å². The van der Waals surface area contributed by atoms with Crippen molar-refractivity contribution in [3.05, 3.63) is 12.4 Å². The first-order valence-corrected chi connectivity index (χ1v) is 5.81. The minimum atomic E-state index is -0.254. The molecule has 1 atom stereocenters. The third-order valence-electron chi connectivity index (χ3n) is 3.76. The molecule has 0 bridgehead atoms. The number of nitrogens with zero attached hydrogens (tertiary/aromatic N) is 2. The molecule has 1 aliphatic carbocycles. The zero-order valence-corrected chi connectivity index (χ0v) is 10.1. The van der Waals surface area contributed by atoms with E-state index in [0.717, 1.165) is 18.6 Å². The van der Waals surface area contributed by atoms with Gasteiger partial charge in [-0.15, -0.1) is 0 Å². The maximum Gasteiger partial charge on any atom is 0.157 e. The highest BCUT2D eigenvalue weighted by Gasteiger charge is 2.53. The molecule has 0 N–H and O–H groups in total. The number of ether oxygens (including phenoxy) is 1. The van der Waals surface area contributed by atoms with E-state index in [4.69, 9.17) is 4.74 Å². The summed E-state index contributed by atoms with van der Waals surface area (Å²) < 4.78 is 7.54. The Bertz CT molecular complexity index is 393.